The van der Waals surface area contributed by atoms with Gasteiger partial charge in [-0.2, -0.15) is 0 Å². The van der Waals surface area contributed by atoms with Gasteiger partial charge in [-0.15, -0.1) is 0 Å². The van der Waals surface area contributed by atoms with Crippen molar-refractivity contribution in [2.75, 3.05) is 11.9 Å². The summed E-state index contributed by atoms with van der Waals surface area (Å²) in [5.74, 6) is -0.630. The molecule has 2 aromatic carbocycles. The van der Waals surface area contributed by atoms with Crippen LogP contribution in [0.25, 0.3) is 16.8 Å². The highest BCUT2D eigenvalue weighted by molar-refractivity contribution is 5.98. The van der Waals surface area contributed by atoms with Gasteiger partial charge in [-0.25, -0.2) is 0 Å². The van der Waals surface area contributed by atoms with Gasteiger partial charge in [0.15, 0.2) is 0 Å². The molecule has 0 spiro atoms. The van der Waals surface area contributed by atoms with Crippen LogP contribution in [0.2, 0.25) is 0 Å². The number of rotatable bonds is 5. The van der Waals surface area contributed by atoms with Crippen molar-refractivity contribution in [2.24, 2.45) is 0 Å². The third kappa shape index (κ3) is 4.75. The molecule has 0 saturated carbocycles. The summed E-state index contributed by atoms with van der Waals surface area (Å²) in [4.78, 5) is 27.5. The Morgan fingerprint density at radius 2 is 1.84 bits per heavy atom. The molecule has 124 valence electrons. The zero-order chi connectivity index (χ0) is 17.5. The first-order valence-corrected chi connectivity index (χ1v) is 7.85. The summed E-state index contributed by atoms with van der Waals surface area (Å²) in [5.41, 5.74) is 1.52. The predicted octanol–water partition coefficient (Wildman–Crippen LogP) is 3.00. The maximum atomic E-state index is 11.8. The molecule has 0 radical (unpaired) electrons. The van der Waals surface area contributed by atoms with Crippen molar-refractivity contribution in [3.05, 3.63) is 78.6 Å². The molecule has 0 fully saturated rings. The smallest absolute Gasteiger partial charge is 0.244 e. The van der Waals surface area contributed by atoms with Crippen LogP contribution in [0.4, 0.5) is 5.69 Å². The topological polar surface area (TPSA) is 71.1 Å². The molecule has 3 aromatic rings. The number of nitrogens with one attached hydrogen (secondary N) is 2. The van der Waals surface area contributed by atoms with Gasteiger partial charge in [-0.05, 0) is 40.6 Å². The molecule has 0 atom stereocenters. The molecule has 1 heterocycles. The fraction of sp³-hybridized carbons (Fsp3) is 0.0500. The van der Waals surface area contributed by atoms with E-state index in [1.54, 1.807) is 30.6 Å². The highest BCUT2D eigenvalue weighted by Gasteiger charge is 2.03. The minimum absolute atomic E-state index is 0.101. The maximum Gasteiger partial charge on any atom is 0.244 e. The second kappa shape index (κ2) is 7.88. The number of nitrogens with zero attached hydrogens (tertiary/aromatic N) is 1. The molecule has 5 heteroatoms. The molecular formula is C20H17N3O2. The number of fused-ring (bicyclic) bond motifs is 1. The van der Waals surface area contributed by atoms with E-state index >= 15 is 0 Å². The Bertz CT molecular complexity index is 920. The minimum atomic E-state index is -0.325. The Balaban J connectivity index is 1.52. The summed E-state index contributed by atoms with van der Waals surface area (Å²) in [7, 11) is 0. The number of aromatic nitrogens is 1. The van der Waals surface area contributed by atoms with E-state index in [1.165, 1.54) is 6.08 Å². The molecule has 2 N–H and O–H groups in total. The van der Waals surface area contributed by atoms with Gasteiger partial charge in [0.2, 0.25) is 11.8 Å². The fourth-order valence-electron chi connectivity index (χ4n) is 2.35. The van der Waals surface area contributed by atoms with Crippen molar-refractivity contribution in [3.8, 4) is 0 Å². The standard InChI is InChI=1S/C20H17N3O2/c24-19(22-14-20(25)23-18-6-3-11-21-13-18)10-8-15-7-9-16-4-1-2-5-17(16)12-15/h1-13H,14H2,(H,22,24)(H,23,25)/b10-8+. The SMILES string of the molecule is O=C(/C=C/c1ccc2ccccc2c1)NCC(=O)Nc1cccnc1. The molecule has 3 rings (SSSR count). The van der Waals surface area contributed by atoms with Gasteiger partial charge in [0.05, 0.1) is 18.4 Å². The van der Waals surface area contributed by atoms with Crippen LogP contribution in [0.1, 0.15) is 5.56 Å². The van der Waals surface area contributed by atoms with E-state index in [0.717, 1.165) is 16.3 Å². The first-order chi connectivity index (χ1) is 12.2. The number of hydrogen-bond acceptors (Lipinski definition) is 3. The van der Waals surface area contributed by atoms with E-state index in [2.05, 4.69) is 15.6 Å². The van der Waals surface area contributed by atoms with Gasteiger partial charge in [0.25, 0.3) is 0 Å². The normalized spacial score (nSPS) is 10.7. The summed E-state index contributed by atoms with van der Waals surface area (Å²) in [6.45, 7) is -0.101. The first kappa shape index (κ1) is 16.4. The van der Waals surface area contributed by atoms with Crippen molar-refractivity contribution in [3.63, 3.8) is 0 Å². The van der Waals surface area contributed by atoms with Crippen LogP contribution in [-0.4, -0.2) is 23.3 Å². The number of hydrogen-bond donors (Lipinski definition) is 2. The van der Waals surface area contributed by atoms with Gasteiger partial charge >= 0.3 is 0 Å². The second-order valence-corrected chi connectivity index (χ2v) is 5.45. The molecule has 0 aliphatic heterocycles. The lowest BCUT2D eigenvalue weighted by molar-refractivity contribution is -0.121. The number of pyridine rings is 1. The van der Waals surface area contributed by atoms with Crippen LogP contribution in [0.3, 0.4) is 0 Å². The van der Waals surface area contributed by atoms with Crippen LogP contribution in [0, 0.1) is 0 Å². The van der Waals surface area contributed by atoms with Crippen LogP contribution in [0.5, 0.6) is 0 Å². The molecular weight excluding hydrogens is 314 g/mol. The number of amides is 2. The van der Waals surface area contributed by atoms with E-state index in [9.17, 15) is 9.59 Å². The van der Waals surface area contributed by atoms with E-state index in [1.807, 2.05) is 42.5 Å². The molecule has 0 saturated heterocycles. The lowest BCUT2D eigenvalue weighted by atomic mass is 10.1. The van der Waals surface area contributed by atoms with Crippen LogP contribution < -0.4 is 10.6 Å². The Hall–Kier alpha value is -3.47. The van der Waals surface area contributed by atoms with Crippen molar-refractivity contribution < 1.29 is 9.59 Å². The highest BCUT2D eigenvalue weighted by Crippen LogP contribution is 2.16. The largest absolute Gasteiger partial charge is 0.343 e. The molecule has 2 amide bonds. The third-order valence-electron chi connectivity index (χ3n) is 3.57. The maximum absolute atomic E-state index is 11.8. The lowest BCUT2D eigenvalue weighted by Crippen LogP contribution is -2.31. The van der Waals surface area contributed by atoms with Gasteiger partial charge < -0.3 is 10.6 Å². The molecule has 0 aliphatic carbocycles. The second-order valence-electron chi connectivity index (χ2n) is 5.45. The summed E-state index contributed by atoms with van der Waals surface area (Å²) >= 11 is 0. The van der Waals surface area contributed by atoms with Gasteiger partial charge in [-0.3, -0.25) is 14.6 Å². The van der Waals surface area contributed by atoms with E-state index < -0.39 is 0 Å². The quantitative estimate of drug-likeness (QED) is 0.706. The van der Waals surface area contributed by atoms with Gasteiger partial charge in [-0.1, -0.05) is 36.4 Å². The van der Waals surface area contributed by atoms with Crippen LogP contribution in [-0.2, 0) is 9.59 Å². The monoisotopic (exact) mass is 331 g/mol. The first-order valence-electron chi connectivity index (χ1n) is 7.85. The summed E-state index contributed by atoms with van der Waals surface area (Å²) in [6.07, 6.45) is 6.30. The van der Waals surface area contributed by atoms with Gasteiger partial charge in [0.1, 0.15) is 0 Å². The Kier molecular flexibility index (Phi) is 5.16. The molecule has 1 aromatic heterocycles. The molecule has 0 aliphatic rings. The van der Waals surface area contributed by atoms with Crippen molar-refractivity contribution in [1.82, 2.24) is 10.3 Å². The van der Waals surface area contributed by atoms with E-state index in [4.69, 9.17) is 0 Å². The zero-order valence-electron chi connectivity index (χ0n) is 13.5. The predicted molar refractivity (Wildman–Crippen MR) is 98.9 cm³/mol. The third-order valence-corrected chi connectivity index (χ3v) is 3.57. The minimum Gasteiger partial charge on any atom is -0.343 e. The Morgan fingerprint density at radius 3 is 2.64 bits per heavy atom. The molecule has 0 unspecified atom stereocenters. The highest BCUT2D eigenvalue weighted by atomic mass is 16.2. The van der Waals surface area contributed by atoms with Crippen LogP contribution >= 0.6 is 0 Å². The van der Waals surface area contributed by atoms with Gasteiger partial charge in [0, 0.05) is 12.3 Å². The Labute approximate surface area is 145 Å². The van der Waals surface area contributed by atoms with E-state index in [-0.39, 0.29) is 18.4 Å². The van der Waals surface area contributed by atoms with E-state index in [0.29, 0.717) is 5.69 Å². The van der Waals surface area contributed by atoms with Crippen molar-refractivity contribution in [2.45, 2.75) is 0 Å². The average Bonchev–Trinajstić information content (AvgIpc) is 2.65. The molecule has 5 nitrogen and oxygen atoms in total. The zero-order valence-corrected chi connectivity index (χ0v) is 13.5. The molecule has 25 heavy (non-hydrogen) atoms. The average molecular weight is 331 g/mol. The summed E-state index contributed by atoms with van der Waals surface area (Å²) in [5, 5.41) is 7.46. The Morgan fingerprint density at radius 1 is 1.00 bits per heavy atom. The lowest BCUT2D eigenvalue weighted by Gasteiger charge is -2.04. The number of carbonyl (C=O) groups is 2. The van der Waals surface area contributed by atoms with Crippen LogP contribution in [0.15, 0.2) is 73.1 Å². The fourth-order valence-corrected chi connectivity index (χ4v) is 2.35. The molecule has 0 bridgehead atoms. The number of anilines is 1. The number of carbonyl (C=O) groups excluding carboxylic acids is 2. The summed E-state index contributed by atoms with van der Waals surface area (Å²) < 4.78 is 0. The summed E-state index contributed by atoms with van der Waals surface area (Å²) in [6, 6.07) is 17.4. The van der Waals surface area contributed by atoms with Crippen molar-refractivity contribution >= 4 is 34.4 Å². The van der Waals surface area contributed by atoms with Crippen molar-refractivity contribution in [1.29, 1.82) is 0 Å². The number of benzene rings is 2.